The van der Waals surface area contributed by atoms with Gasteiger partial charge < -0.3 is 44.6 Å². The highest BCUT2D eigenvalue weighted by Gasteiger charge is 2.56. The molecule has 0 aromatic heterocycles. The van der Waals surface area contributed by atoms with E-state index in [1.807, 2.05) is 0 Å². The maximum absolute atomic E-state index is 13.4. The zero-order chi connectivity index (χ0) is 24.9. The number of hydrogen-bond acceptors (Lipinski definition) is 12. The van der Waals surface area contributed by atoms with E-state index in [1.165, 1.54) is 0 Å². The number of carbonyl (C=O) groups excluding carboxylic acids is 2. The van der Waals surface area contributed by atoms with Crippen LogP contribution in [0.15, 0.2) is 0 Å². The van der Waals surface area contributed by atoms with E-state index >= 15 is 0 Å². The van der Waals surface area contributed by atoms with Crippen molar-refractivity contribution >= 4 is 45.1 Å². The molecule has 14 N–H and O–H groups in total. The van der Waals surface area contributed by atoms with Crippen molar-refractivity contribution in [2.45, 2.75) is 67.4 Å². The van der Waals surface area contributed by atoms with Crippen LogP contribution >= 0.6 is 21.6 Å². The van der Waals surface area contributed by atoms with Gasteiger partial charge >= 0.3 is 11.9 Å². The van der Waals surface area contributed by atoms with Crippen molar-refractivity contribution in [2.24, 2.45) is 34.4 Å². The zero-order valence-corrected chi connectivity index (χ0v) is 19.6. The van der Waals surface area contributed by atoms with Gasteiger partial charge in [0.25, 0.3) is 0 Å². The number of carboxylic acid groups (broad SMARTS) is 2. The maximum Gasteiger partial charge on any atom is 0.322 e. The molecule has 4 atom stereocenters. The summed E-state index contributed by atoms with van der Waals surface area (Å²) in [4.78, 5) is 49.7. The fourth-order valence-corrected chi connectivity index (χ4v) is 6.06. The van der Waals surface area contributed by atoms with E-state index in [9.17, 15) is 24.3 Å². The van der Waals surface area contributed by atoms with Crippen molar-refractivity contribution < 1.29 is 29.4 Å². The molecular weight excluding hydrogens is 460 g/mol. The third-order valence-electron chi connectivity index (χ3n) is 4.80. The molecule has 0 aliphatic carbocycles. The molecule has 0 heterocycles. The fourth-order valence-electron chi connectivity index (χ4n) is 2.84. The molecular formula is C18H36N6O6S2. The van der Waals surface area contributed by atoms with Crippen LogP contribution in [0.5, 0.6) is 0 Å². The molecule has 14 heteroatoms. The van der Waals surface area contributed by atoms with Gasteiger partial charge in [-0.05, 0) is 38.8 Å². The summed E-state index contributed by atoms with van der Waals surface area (Å²) in [5.74, 6) is -4.83. The second kappa shape index (κ2) is 15.6. The molecule has 0 aliphatic heterocycles. The molecule has 0 fully saturated rings. The standard InChI is InChI=1S/C18H36N6O6S2/c19-7-3-1-5-10(21)14(25)18(13(24)17(29)30,32-31-9-12(23)16(27)28)15(26)11(22)6-2-4-8-20/h10-13H,1-9,19-24H2,(H,27,28)(H,29,30). The molecule has 0 saturated carbocycles. The molecule has 4 unspecified atom stereocenters. The molecule has 186 valence electrons. The highest BCUT2D eigenvalue weighted by molar-refractivity contribution is 8.77. The fraction of sp³-hybridized carbons (Fsp3) is 0.778. The average molecular weight is 497 g/mol. The lowest BCUT2D eigenvalue weighted by molar-refractivity contribution is -0.145. The second-order valence-electron chi connectivity index (χ2n) is 7.37. The van der Waals surface area contributed by atoms with Crippen LogP contribution in [-0.2, 0) is 19.2 Å². The Kier molecular flexibility index (Phi) is 14.9. The number of rotatable bonds is 19. The summed E-state index contributed by atoms with van der Waals surface area (Å²) in [7, 11) is 1.33. The van der Waals surface area contributed by atoms with Gasteiger partial charge in [0, 0.05) is 5.75 Å². The Morgan fingerprint density at radius 2 is 1.16 bits per heavy atom. The van der Waals surface area contributed by atoms with Crippen LogP contribution in [0.2, 0.25) is 0 Å². The summed E-state index contributed by atoms with van der Waals surface area (Å²) >= 11 is 0. The van der Waals surface area contributed by atoms with Gasteiger partial charge in [-0.2, -0.15) is 0 Å². The molecule has 0 amide bonds. The van der Waals surface area contributed by atoms with Crippen LogP contribution in [-0.4, -0.2) is 81.5 Å². The minimum atomic E-state index is -2.32. The average Bonchev–Trinajstić information content (AvgIpc) is 2.75. The van der Waals surface area contributed by atoms with Gasteiger partial charge in [0.1, 0.15) is 12.1 Å². The van der Waals surface area contributed by atoms with Crippen molar-refractivity contribution in [3.63, 3.8) is 0 Å². The Bertz CT molecular complexity index is 613. The van der Waals surface area contributed by atoms with Crippen LogP contribution in [0.3, 0.4) is 0 Å². The molecule has 0 saturated heterocycles. The van der Waals surface area contributed by atoms with E-state index in [2.05, 4.69) is 0 Å². The van der Waals surface area contributed by atoms with Gasteiger partial charge in [0.2, 0.25) is 0 Å². The molecule has 32 heavy (non-hydrogen) atoms. The maximum atomic E-state index is 13.4. The van der Waals surface area contributed by atoms with Crippen LogP contribution in [0.25, 0.3) is 0 Å². The van der Waals surface area contributed by atoms with Gasteiger partial charge in [0.05, 0.1) is 12.1 Å². The van der Waals surface area contributed by atoms with E-state index in [0.29, 0.717) is 49.6 Å². The van der Waals surface area contributed by atoms with E-state index in [1.54, 1.807) is 0 Å². The SMILES string of the molecule is NCCCCC(N)C(=O)C(SSCC(N)C(=O)O)(C(=O)C(N)CCCCN)C(N)C(=O)O. The Morgan fingerprint density at radius 3 is 1.50 bits per heavy atom. The Morgan fingerprint density at radius 1 is 0.719 bits per heavy atom. The number of nitrogens with two attached hydrogens (primary N) is 6. The third-order valence-corrected chi connectivity index (χ3v) is 7.89. The smallest absolute Gasteiger partial charge is 0.322 e. The minimum absolute atomic E-state index is 0.166. The number of unbranched alkanes of at least 4 members (excludes halogenated alkanes) is 2. The first-order chi connectivity index (χ1) is 15.0. The van der Waals surface area contributed by atoms with Gasteiger partial charge in [-0.3, -0.25) is 19.2 Å². The zero-order valence-electron chi connectivity index (χ0n) is 18.0. The van der Waals surface area contributed by atoms with Crippen molar-refractivity contribution in [3.05, 3.63) is 0 Å². The minimum Gasteiger partial charge on any atom is -0.480 e. The van der Waals surface area contributed by atoms with Crippen molar-refractivity contribution in [1.29, 1.82) is 0 Å². The van der Waals surface area contributed by atoms with Gasteiger partial charge in [-0.25, -0.2) is 0 Å². The van der Waals surface area contributed by atoms with Crippen molar-refractivity contribution in [3.8, 4) is 0 Å². The summed E-state index contributed by atoms with van der Waals surface area (Å²) in [5, 5.41) is 18.6. The van der Waals surface area contributed by atoms with Crippen LogP contribution in [0, 0.1) is 0 Å². The monoisotopic (exact) mass is 496 g/mol. The molecule has 0 aromatic carbocycles. The van der Waals surface area contributed by atoms with E-state index in [0.717, 1.165) is 10.8 Å². The number of aliphatic carboxylic acids is 2. The number of Topliss-reactive ketones (excluding diaryl/α,β-unsaturated/α-hetero) is 2. The van der Waals surface area contributed by atoms with E-state index in [-0.39, 0.29) is 18.6 Å². The first kappa shape index (κ1) is 30.7. The quantitative estimate of drug-likeness (QED) is 0.0545. The van der Waals surface area contributed by atoms with E-state index in [4.69, 9.17) is 39.5 Å². The number of ketones is 2. The van der Waals surface area contributed by atoms with Crippen LogP contribution in [0.1, 0.15) is 38.5 Å². The summed E-state index contributed by atoms with van der Waals surface area (Å²) in [6, 6.07) is -5.63. The highest BCUT2D eigenvalue weighted by atomic mass is 33.1. The molecule has 0 aromatic rings. The van der Waals surface area contributed by atoms with Crippen molar-refractivity contribution in [1.82, 2.24) is 0 Å². The van der Waals surface area contributed by atoms with Gasteiger partial charge in [0.15, 0.2) is 16.3 Å². The highest BCUT2D eigenvalue weighted by Crippen LogP contribution is 2.42. The lowest BCUT2D eigenvalue weighted by Crippen LogP contribution is -2.66. The lowest BCUT2D eigenvalue weighted by atomic mass is 9.81. The molecule has 0 aliphatic rings. The molecule has 0 rings (SSSR count). The Labute approximate surface area is 195 Å². The number of carbonyl (C=O) groups is 4. The Balaban J connectivity index is 6.08. The summed E-state index contributed by atoms with van der Waals surface area (Å²) in [6.45, 7) is 0.757. The Hall–Kier alpha value is -1.26. The summed E-state index contributed by atoms with van der Waals surface area (Å²) < 4.78 is -2.32. The van der Waals surface area contributed by atoms with Gasteiger partial charge in [-0.1, -0.05) is 34.4 Å². The van der Waals surface area contributed by atoms with E-state index < -0.39 is 52.4 Å². The number of hydrogen-bond donors (Lipinski definition) is 8. The molecule has 12 nitrogen and oxygen atoms in total. The predicted octanol–water partition coefficient (Wildman–Crippen LogP) is -2.02. The largest absolute Gasteiger partial charge is 0.480 e. The first-order valence-corrected chi connectivity index (χ1v) is 12.6. The van der Waals surface area contributed by atoms with Crippen molar-refractivity contribution in [2.75, 3.05) is 18.8 Å². The molecule has 0 spiro atoms. The normalized spacial score (nSPS) is 17.1. The molecule has 0 bridgehead atoms. The summed E-state index contributed by atoms with van der Waals surface area (Å²) in [6.07, 6.45) is 2.47. The topological polar surface area (TPSA) is 265 Å². The first-order valence-electron chi connectivity index (χ1n) is 10.2. The number of carboxylic acids is 2. The second-order valence-corrected chi connectivity index (χ2v) is 9.96. The van der Waals surface area contributed by atoms with Gasteiger partial charge in [-0.15, -0.1) is 0 Å². The third kappa shape index (κ3) is 8.94. The lowest BCUT2D eigenvalue weighted by Gasteiger charge is -2.36. The predicted molar refractivity (Wildman–Crippen MR) is 126 cm³/mol. The molecule has 0 radical (unpaired) electrons. The van der Waals surface area contributed by atoms with Crippen LogP contribution in [0.4, 0.5) is 0 Å². The summed E-state index contributed by atoms with van der Waals surface area (Å²) in [5.41, 5.74) is 34.4. The van der Waals surface area contributed by atoms with Crippen LogP contribution < -0.4 is 34.4 Å².